The van der Waals surface area contributed by atoms with Crippen molar-refractivity contribution in [1.29, 1.82) is 0 Å². The molecule has 2 aromatic carbocycles. The van der Waals surface area contributed by atoms with Gasteiger partial charge in [0.05, 0.1) is 12.5 Å². The molecule has 0 unspecified atom stereocenters. The van der Waals surface area contributed by atoms with Crippen molar-refractivity contribution in [3.8, 4) is 5.75 Å². The average molecular weight is 368 g/mol. The number of β-lactam (4-membered cyclic amide) rings is 1. The highest BCUT2D eigenvalue weighted by molar-refractivity contribution is 6.04. The van der Waals surface area contributed by atoms with E-state index in [9.17, 15) is 14.0 Å². The van der Waals surface area contributed by atoms with E-state index in [0.29, 0.717) is 38.0 Å². The third-order valence-corrected chi connectivity index (χ3v) is 5.63. The molecule has 2 aliphatic rings. The van der Waals surface area contributed by atoms with Gasteiger partial charge in [-0.25, -0.2) is 4.39 Å². The van der Waals surface area contributed by atoms with Crippen LogP contribution in [0, 0.1) is 11.2 Å². The Balaban J connectivity index is 1.40. The van der Waals surface area contributed by atoms with Crippen molar-refractivity contribution in [1.82, 2.24) is 4.90 Å². The van der Waals surface area contributed by atoms with Gasteiger partial charge in [-0.15, -0.1) is 0 Å². The second-order valence-corrected chi connectivity index (χ2v) is 7.15. The smallest absolute Gasteiger partial charge is 0.253 e. The summed E-state index contributed by atoms with van der Waals surface area (Å²) in [5, 5.41) is 0. The molecule has 5 nitrogen and oxygen atoms in total. The second-order valence-electron chi connectivity index (χ2n) is 7.15. The third kappa shape index (κ3) is 2.95. The van der Waals surface area contributed by atoms with Crippen LogP contribution in [0.3, 0.4) is 0 Å². The maximum atomic E-state index is 13.9. The SMILES string of the molecule is COc1ccc(C(=O)N2CCC3(CC2)CN(c2ccccc2)C3=O)cc1F. The van der Waals surface area contributed by atoms with Crippen molar-refractivity contribution >= 4 is 17.5 Å². The van der Waals surface area contributed by atoms with Crippen LogP contribution in [0.15, 0.2) is 48.5 Å². The molecule has 0 aliphatic carbocycles. The van der Waals surface area contributed by atoms with Crippen LogP contribution in [-0.2, 0) is 4.79 Å². The summed E-state index contributed by atoms with van der Waals surface area (Å²) in [7, 11) is 1.39. The maximum Gasteiger partial charge on any atom is 0.253 e. The number of carbonyl (C=O) groups excluding carboxylic acids is 2. The van der Waals surface area contributed by atoms with E-state index in [1.807, 2.05) is 30.3 Å². The first kappa shape index (κ1) is 17.5. The minimum Gasteiger partial charge on any atom is -0.494 e. The fraction of sp³-hybridized carbons (Fsp3) is 0.333. The van der Waals surface area contributed by atoms with Crippen molar-refractivity contribution in [3.63, 3.8) is 0 Å². The van der Waals surface area contributed by atoms with Gasteiger partial charge in [-0.05, 0) is 43.2 Å². The van der Waals surface area contributed by atoms with Crippen LogP contribution in [-0.4, -0.2) is 43.5 Å². The molecule has 2 saturated heterocycles. The van der Waals surface area contributed by atoms with Crippen molar-refractivity contribution in [2.45, 2.75) is 12.8 Å². The van der Waals surface area contributed by atoms with Gasteiger partial charge in [0.1, 0.15) is 0 Å². The summed E-state index contributed by atoms with van der Waals surface area (Å²) in [5.41, 5.74) is 0.855. The van der Waals surface area contributed by atoms with E-state index in [2.05, 4.69) is 0 Å². The second kappa shape index (κ2) is 6.68. The lowest BCUT2D eigenvalue weighted by molar-refractivity contribution is -0.138. The number of amides is 2. The summed E-state index contributed by atoms with van der Waals surface area (Å²) in [6.45, 7) is 1.69. The zero-order valence-corrected chi connectivity index (χ0v) is 15.2. The Morgan fingerprint density at radius 1 is 1.11 bits per heavy atom. The molecule has 27 heavy (non-hydrogen) atoms. The van der Waals surface area contributed by atoms with E-state index in [0.717, 1.165) is 5.69 Å². The van der Waals surface area contributed by atoms with Crippen LogP contribution in [0.1, 0.15) is 23.2 Å². The Kier molecular flexibility index (Phi) is 4.34. The van der Waals surface area contributed by atoms with E-state index in [-0.39, 0.29) is 23.0 Å². The highest BCUT2D eigenvalue weighted by Gasteiger charge is 2.53. The molecule has 1 spiro atoms. The first-order chi connectivity index (χ1) is 13.0. The van der Waals surface area contributed by atoms with Crippen LogP contribution >= 0.6 is 0 Å². The Morgan fingerprint density at radius 3 is 2.41 bits per heavy atom. The van der Waals surface area contributed by atoms with Crippen molar-refractivity contribution < 1.29 is 18.7 Å². The van der Waals surface area contributed by atoms with E-state index in [1.165, 1.54) is 19.2 Å². The number of anilines is 1. The van der Waals surface area contributed by atoms with Crippen molar-refractivity contribution in [2.75, 3.05) is 31.6 Å². The number of piperidine rings is 1. The Labute approximate surface area is 157 Å². The van der Waals surface area contributed by atoms with Gasteiger partial charge in [0, 0.05) is 30.9 Å². The van der Waals surface area contributed by atoms with Gasteiger partial charge in [0.2, 0.25) is 5.91 Å². The largest absolute Gasteiger partial charge is 0.494 e. The molecule has 2 aromatic rings. The lowest BCUT2D eigenvalue weighted by atomic mass is 9.70. The molecule has 4 rings (SSSR count). The molecule has 0 saturated carbocycles. The molecule has 6 heteroatoms. The molecule has 0 bridgehead atoms. The summed E-state index contributed by atoms with van der Waals surface area (Å²) in [6, 6.07) is 13.9. The van der Waals surface area contributed by atoms with E-state index in [4.69, 9.17) is 4.74 Å². The lowest BCUT2D eigenvalue weighted by Gasteiger charge is -2.52. The number of ether oxygens (including phenoxy) is 1. The predicted octanol–water partition coefficient (Wildman–Crippen LogP) is 3.10. The zero-order valence-electron chi connectivity index (χ0n) is 15.2. The van der Waals surface area contributed by atoms with Crippen molar-refractivity contribution in [2.24, 2.45) is 5.41 Å². The number of nitrogens with zero attached hydrogens (tertiary/aromatic N) is 2. The number of likely N-dealkylation sites (tertiary alicyclic amines) is 1. The van der Waals surface area contributed by atoms with Gasteiger partial charge in [0.25, 0.3) is 5.91 Å². The predicted molar refractivity (Wildman–Crippen MR) is 99.3 cm³/mol. The standard InChI is InChI=1S/C21H21FN2O3/c1-27-18-8-7-15(13-17(18)22)19(25)23-11-9-21(10-12-23)14-24(20(21)26)16-5-3-2-4-6-16/h2-8,13H,9-12,14H2,1H3. The molecular weight excluding hydrogens is 347 g/mol. The number of benzene rings is 2. The minimum atomic E-state index is -0.551. The number of hydrogen-bond acceptors (Lipinski definition) is 3. The third-order valence-electron chi connectivity index (χ3n) is 5.63. The fourth-order valence-corrected chi connectivity index (χ4v) is 3.95. The van der Waals surface area contributed by atoms with Gasteiger partial charge in [-0.3, -0.25) is 9.59 Å². The summed E-state index contributed by atoms with van der Waals surface area (Å²) in [5.74, 6) is -0.510. The average Bonchev–Trinajstić information content (AvgIpc) is 2.72. The zero-order chi connectivity index (χ0) is 19.0. The number of methoxy groups -OCH3 is 1. The number of halogens is 1. The molecule has 2 fully saturated rings. The molecule has 140 valence electrons. The van der Waals surface area contributed by atoms with Gasteiger partial charge in [-0.2, -0.15) is 0 Å². The van der Waals surface area contributed by atoms with Crippen LogP contribution in [0.25, 0.3) is 0 Å². The molecular formula is C21H21FN2O3. The first-order valence-corrected chi connectivity index (χ1v) is 9.04. The summed E-state index contributed by atoms with van der Waals surface area (Å²) in [6.07, 6.45) is 1.28. The first-order valence-electron chi connectivity index (χ1n) is 9.04. The molecule has 2 amide bonds. The molecule has 2 aliphatic heterocycles. The molecule has 0 atom stereocenters. The highest BCUT2D eigenvalue weighted by atomic mass is 19.1. The summed E-state index contributed by atoms with van der Waals surface area (Å²) < 4.78 is 18.8. The van der Waals surface area contributed by atoms with Gasteiger partial charge in [-0.1, -0.05) is 18.2 Å². The molecule has 0 radical (unpaired) electrons. The van der Waals surface area contributed by atoms with E-state index in [1.54, 1.807) is 15.9 Å². The Morgan fingerprint density at radius 2 is 1.81 bits per heavy atom. The van der Waals surface area contributed by atoms with Crippen LogP contribution in [0.4, 0.5) is 10.1 Å². The Bertz CT molecular complexity index is 876. The molecule has 2 heterocycles. The minimum absolute atomic E-state index is 0.116. The monoisotopic (exact) mass is 368 g/mol. The summed E-state index contributed by atoms with van der Waals surface area (Å²) >= 11 is 0. The maximum absolute atomic E-state index is 13.9. The normalized spacial score (nSPS) is 18.4. The highest BCUT2D eigenvalue weighted by Crippen LogP contribution is 2.44. The van der Waals surface area contributed by atoms with Gasteiger partial charge < -0.3 is 14.5 Å². The Hall–Kier alpha value is -2.89. The fourth-order valence-electron chi connectivity index (χ4n) is 3.95. The molecule has 0 N–H and O–H groups in total. The van der Waals surface area contributed by atoms with Crippen LogP contribution < -0.4 is 9.64 Å². The summed E-state index contributed by atoms with van der Waals surface area (Å²) in [4.78, 5) is 28.9. The van der Waals surface area contributed by atoms with E-state index >= 15 is 0 Å². The van der Waals surface area contributed by atoms with Gasteiger partial charge in [0.15, 0.2) is 11.6 Å². The van der Waals surface area contributed by atoms with Crippen molar-refractivity contribution in [3.05, 3.63) is 59.9 Å². The lowest BCUT2D eigenvalue weighted by Crippen LogP contribution is -2.65. The topological polar surface area (TPSA) is 49.9 Å². The van der Waals surface area contributed by atoms with E-state index < -0.39 is 5.82 Å². The van der Waals surface area contributed by atoms with Crippen LogP contribution in [0.2, 0.25) is 0 Å². The number of para-hydroxylation sites is 1. The molecule has 0 aromatic heterocycles. The van der Waals surface area contributed by atoms with Crippen LogP contribution in [0.5, 0.6) is 5.75 Å². The number of hydrogen-bond donors (Lipinski definition) is 0. The van der Waals surface area contributed by atoms with Gasteiger partial charge >= 0.3 is 0 Å². The quantitative estimate of drug-likeness (QED) is 0.783. The number of rotatable bonds is 3. The number of carbonyl (C=O) groups is 2.